The Labute approximate surface area is 98.1 Å². The molecule has 0 aliphatic carbocycles. The second-order valence-electron chi connectivity index (χ2n) is 4.16. The Hall–Kier alpha value is -1.54. The molecule has 0 spiro atoms. The number of nitrogens with zero attached hydrogens (tertiary/aromatic N) is 1. The van der Waals surface area contributed by atoms with Crippen LogP contribution >= 0.6 is 0 Å². The minimum absolute atomic E-state index is 0. The number of para-hydroxylation sites is 1. The van der Waals surface area contributed by atoms with E-state index in [9.17, 15) is 0 Å². The van der Waals surface area contributed by atoms with Crippen LogP contribution < -0.4 is 0 Å². The lowest BCUT2D eigenvalue weighted by Gasteiger charge is -2.13. The molecule has 0 aliphatic heterocycles. The summed E-state index contributed by atoms with van der Waals surface area (Å²) in [7, 11) is 2.12. The van der Waals surface area contributed by atoms with Gasteiger partial charge in [0.15, 0.2) is 0 Å². The normalized spacial score (nSPS) is 11.1. The number of rotatable bonds is 5. The lowest BCUT2D eigenvalue weighted by atomic mass is 10.1. The summed E-state index contributed by atoms with van der Waals surface area (Å²) in [4.78, 5) is 5.58. The van der Waals surface area contributed by atoms with E-state index >= 15 is 0 Å². The van der Waals surface area contributed by atoms with Gasteiger partial charge in [0.25, 0.3) is 0 Å². The highest BCUT2D eigenvalue weighted by Gasteiger charge is 2.03. The summed E-state index contributed by atoms with van der Waals surface area (Å²) in [5, 5.41) is 1.34. The van der Waals surface area contributed by atoms with Crippen molar-refractivity contribution in [2.24, 2.45) is 0 Å². The van der Waals surface area contributed by atoms with E-state index in [0.717, 1.165) is 19.5 Å². The SMILES string of the molecule is C=CCN(C)CCc1c[nH]c2ccccc12.[HH]. The average Bonchev–Trinajstić information content (AvgIpc) is 2.70. The molecule has 1 N–H and O–H groups in total. The first kappa shape index (κ1) is 11.0. The Morgan fingerprint density at radius 2 is 2.25 bits per heavy atom. The third kappa shape index (κ3) is 2.34. The molecule has 0 saturated heterocycles. The molecule has 0 aliphatic rings. The fourth-order valence-corrected chi connectivity index (χ4v) is 1.96. The Morgan fingerprint density at radius 3 is 3.06 bits per heavy atom. The van der Waals surface area contributed by atoms with Gasteiger partial charge in [0.2, 0.25) is 0 Å². The van der Waals surface area contributed by atoms with E-state index in [1.165, 1.54) is 16.5 Å². The molecule has 0 amide bonds. The molecular weight excluding hydrogens is 196 g/mol. The highest BCUT2D eigenvalue weighted by molar-refractivity contribution is 5.83. The van der Waals surface area contributed by atoms with Crippen molar-refractivity contribution in [2.75, 3.05) is 20.1 Å². The summed E-state index contributed by atoms with van der Waals surface area (Å²) in [5.41, 5.74) is 2.62. The third-order valence-electron chi connectivity index (χ3n) is 2.88. The van der Waals surface area contributed by atoms with Crippen LogP contribution in [0.3, 0.4) is 0 Å². The van der Waals surface area contributed by atoms with Gasteiger partial charge in [-0.25, -0.2) is 0 Å². The van der Waals surface area contributed by atoms with Gasteiger partial charge in [-0.3, -0.25) is 0 Å². The second-order valence-corrected chi connectivity index (χ2v) is 4.16. The number of H-pyrrole nitrogens is 1. The van der Waals surface area contributed by atoms with Crippen molar-refractivity contribution in [1.82, 2.24) is 9.88 Å². The number of hydrogen-bond donors (Lipinski definition) is 1. The van der Waals surface area contributed by atoms with Gasteiger partial charge in [-0.2, -0.15) is 0 Å². The van der Waals surface area contributed by atoms with Gasteiger partial charge in [0.1, 0.15) is 0 Å². The molecule has 2 rings (SSSR count). The fraction of sp³-hybridized carbons (Fsp3) is 0.286. The van der Waals surface area contributed by atoms with Crippen LogP contribution in [-0.2, 0) is 6.42 Å². The van der Waals surface area contributed by atoms with E-state index in [2.05, 4.69) is 54.0 Å². The maximum Gasteiger partial charge on any atom is 0.0456 e. The van der Waals surface area contributed by atoms with Crippen molar-refractivity contribution in [2.45, 2.75) is 6.42 Å². The van der Waals surface area contributed by atoms with Crippen LogP contribution in [0.2, 0.25) is 0 Å². The number of fused-ring (bicyclic) bond motifs is 1. The lowest BCUT2D eigenvalue weighted by Crippen LogP contribution is -2.20. The number of likely N-dealkylation sites (N-methyl/N-ethyl adjacent to an activating group) is 1. The Morgan fingerprint density at radius 1 is 1.44 bits per heavy atom. The maximum absolute atomic E-state index is 3.75. The summed E-state index contributed by atoms with van der Waals surface area (Å²) >= 11 is 0. The van der Waals surface area contributed by atoms with Crippen molar-refractivity contribution >= 4 is 10.9 Å². The van der Waals surface area contributed by atoms with E-state index < -0.39 is 0 Å². The smallest absolute Gasteiger partial charge is 0.0456 e. The largest absolute Gasteiger partial charge is 0.361 e. The molecule has 0 unspecified atom stereocenters. The van der Waals surface area contributed by atoms with E-state index in [0.29, 0.717) is 0 Å². The van der Waals surface area contributed by atoms with Crippen LogP contribution in [0.5, 0.6) is 0 Å². The number of benzene rings is 1. The molecule has 1 aromatic heterocycles. The highest BCUT2D eigenvalue weighted by Crippen LogP contribution is 2.18. The predicted molar refractivity (Wildman–Crippen MR) is 71.8 cm³/mol. The van der Waals surface area contributed by atoms with Gasteiger partial charge in [-0.1, -0.05) is 24.3 Å². The molecule has 1 heterocycles. The van der Waals surface area contributed by atoms with Gasteiger partial charge in [0, 0.05) is 31.6 Å². The van der Waals surface area contributed by atoms with Gasteiger partial charge in [-0.15, -0.1) is 6.58 Å². The molecule has 2 heteroatoms. The Kier molecular flexibility index (Phi) is 3.42. The molecule has 0 bridgehead atoms. The second kappa shape index (κ2) is 4.99. The quantitative estimate of drug-likeness (QED) is 0.761. The van der Waals surface area contributed by atoms with E-state index in [-0.39, 0.29) is 1.43 Å². The molecule has 0 radical (unpaired) electrons. The monoisotopic (exact) mass is 216 g/mol. The molecule has 86 valence electrons. The highest BCUT2D eigenvalue weighted by atomic mass is 15.1. The Balaban J connectivity index is 0.00000144. The fourth-order valence-electron chi connectivity index (χ4n) is 1.96. The molecule has 0 fully saturated rings. The lowest BCUT2D eigenvalue weighted by molar-refractivity contribution is 0.376. The van der Waals surface area contributed by atoms with Gasteiger partial charge >= 0.3 is 0 Å². The number of nitrogens with one attached hydrogen (secondary N) is 1. The van der Waals surface area contributed by atoms with Crippen molar-refractivity contribution in [1.29, 1.82) is 0 Å². The van der Waals surface area contributed by atoms with E-state index in [1.807, 2.05) is 6.08 Å². The van der Waals surface area contributed by atoms with Gasteiger partial charge in [-0.05, 0) is 25.1 Å². The van der Waals surface area contributed by atoms with Crippen LogP contribution in [0.25, 0.3) is 10.9 Å². The van der Waals surface area contributed by atoms with E-state index in [4.69, 9.17) is 0 Å². The topological polar surface area (TPSA) is 19.0 Å². The zero-order chi connectivity index (χ0) is 11.4. The standard InChI is InChI=1S/C14H18N2.H2/c1-3-9-16(2)10-8-12-11-15-14-7-5-4-6-13(12)14;/h3-7,11,15H,1,8-10H2,2H3;1H. The summed E-state index contributed by atoms with van der Waals surface area (Å²) in [5.74, 6) is 0. The first-order valence-electron chi connectivity index (χ1n) is 5.65. The number of aromatic amines is 1. The van der Waals surface area contributed by atoms with Crippen LogP contribution in [0.1, 0.15) is 6.99 Å². The summed E-state index contributed by atoms with van der Waals surface area (Å²) in [6.07, 6.45) is 5.13. The third-order valence-corrected chi connectivity index (χ3v) is 2.88. The van der Waals surface area contributed by atoms with Gasteiger partial charge < -0.3 is 9.88 Å². The van der Waals surface area contributed by atoms with Crippen molar-refractivity contribution in [3.8, 4) is 0 Å². The van der Waals surface area contributed by atoms with Crippen LogP contribution in [0, 0.1) is 0 Å². The molecule has 2 nitrogen and oxygen atoms in total. The van der Waals surface area contributed by atoms with Gasteiger partial charge in [0.05, 0.1) is 0 Å². The summed E-state index contributed by atoms with van der Waals surface area (Å²) in [6, 6.07) is 8.44. The van der Waals surface area contributed by atoms with E-state index in [1.54, 1.807) is 0 Å². The molecular formula is C14H20N2. The Bertz CT molecular complexity index is 476. The van der Waals surface area contributed by atoms with Crippen molar-refractivity contribution in [3.05, 3.63) is 48.7 Å². The van der Waals surface area contributed by atoms with Crippen LogP contribution in [0.15, 0.2) is 43.1 Å². The van der Waals surface area contributed by atoms with Crippen LogP contribution in [-0.4, -0.2) is 30.0 Å². The summed E-state index contributed by atoms with van der Waals surface area (Å²) in [6.45, 7) is 5.76. The molecule has 2 aromatic rings. The summed E-state index contributed by atoms with van der Waals surface area (Å²) < 4.78 is 0. The first-order valence-corrected chi connectivity index (χ1v) is 5.65. The molecule has 1 aromatic carbocycles. The van der Waals surface area contributed by atoms with Crippen molar-refractivity contribution in [3.63, 3.8) is 0 Å². The number of aromatic nitrogens is 1. The van der Waals surface area contributed by atoms with Crippen LogP contribution in [0.4, 0.5) is 0 Å². The molecule has 0 atom stereocenters. The molecule has 0 saturated carbocycles. The predicted octanol–water partition coefficient (Wildman–Crippen LogP) is 3.07. The zero-order valence-electron chi connectivity index (χ0n) is 9.74. The first-order chi connectivity index (χ1) is 7.81. The zero-order valence-corrected chi connectivity index (χ0v) is 9.74. The maximum atomic E-state index is 3.75. The molecule has 16 heavy (non-hydrogen) atoms. The number of hydrogen-bond acceptors (Lipinski definition) is 1. The minimum Gasteiger partial charge on any atom is -0.361 e. The van der Waals surface area contributed by atoms with Crippen molar-refractivity contribution < 1.29 is 1.43 Å². The average molecular weight is 216 g/mol. The minimum atomic E-state index is 0.